The van der Waals surface area contributed by atoms with E-state index < -0.39 is 0 Å². The maximum atomic E-state index is 12.6. The van der Waals surface area contributed by atoms with E-state index in [9.17, 15) is 4.79 Å². The summed E-state index contributed by atoms with van der Waals surface area (Å²) in [5.41, 5.74) is 7.66. The number of amides is 1. The van der Waals surface area contributed by atoms with Crippen LogP contribution < -0.4 is 15.8 Å². The van der Waals surface area contributed by atoms with Crippen LogP contribution in [0, 0.1) is 18.8 Å². The number of aryl methyl sites for hydroxylation is 1. The average Bonchev–Trinajstić information content (AvgIpc) is 2.98. The summed E-state index contributed by atoms with van der Waals surface area (Å²) in [5, 5.41) is 3.05. The minimum absolute atomic E-state index is 0.0240. The summed E-state index contributed by atoms with van der Waals surface area (Å²) in [6.45, 7) is 4.03. The van der Waals surface area contributed by atoms with E-state index >= 15 is 0 Å². The number of nitrogens with two attached hydrogens (primary N) is 1. The van der Waals surface area contributed by atoms with E-state index in [2.05, 4.69) is 10.2 Å². The van der Waals surface area contributed by atoms with Gasteiger partial charge in [0, 0.05) is 12.5 Å². The third-order valence-electron chi connectivity index (χ3n) is 4.49. The maximum absolute atomic E-state index is 12.6. The molecule has 23 heavy (non-hydrogen) atoms. The molecule has 2 atom stereocenters. The Balaban J connectivity index is 2.04. The zero-order chi connectivity index (χ0) is 16.8. The Bertz CT molecular complexity index is 531. The predicted octanol–water partition coefficient (Wildman–Crippen LogP) is 2.25. The van der Waals surface area contributed by atoms with E-state index in [1.165, 1.54) is 0 Å². The number of hydrogen-bond acceptors (Lipinski definition) is 4. The number of benzene rings is 1. The number of likely N-dealkylation sites (N-methyl/N-ethyl adjacent to an activating group) is 1. The molecule has 0 saturated heterocycles. The molecule has 2 rings (SSSR count). The first kappa shape index (κ1) is 17.8. The highest BCUT2D eigenvalue weighted by molar-refractivity contribution is 5.94. The van der Waals surface area contributed by atoms with Gasteiger partial charge < -0.3 is 20.7 Å². The van der Waals surface area contributed by atoms with Gasteiger partial charge in [-0.3, -0.25) is 4.79 Å². The van der Waals surface area contributed by atoms with Crippen molar-refractivity contribution in [2.45, 2.75) is 26.2 Å². The van der Waals surface area contributed by atoms with E-state index in [0.29, 0.717) is 19.1 Å². The van der Waals surface area contributed by atoms with E-state index in [-0.39, 0.29) is 11.8 Å². The average molecular weight is 319 g/mol. The van der Waals surface area contributed by atoms with Gasteiger partial charge in [-0.15, -0.1) is 0 Å². The molecular weight excluding hydrogens is 290 g/mol. The van der Waals surface area contributed by atoms with Crippen molar-refractivity contribution in [3.05, 3.63) is 23.8 Å². The van der Waals surface area contributed by atoms with Gasteiger partial charge in [0.15, 0.2) is 0 Å². The Kier molecular flexibility index (Phi) is 6.42. The molecule has 0 radical (unpaired) electrons. The molecule has 1 saturated carbocycles. The third-order valence-corrected chi connectivity index (χ3v) is 4.49. The number of carbonyl (C=O) groups excluding carboxylic acids is 1. The fourth-order valence-corrected chi connectivity index (χ4v) is 3.08. The van der Waals surface area contributed by atoms with E-state index in [1.54, 1.807) is 0 Å². The molecular formula is C18H29N3O2. The largest absolute Gasteiger partial charge is 0.490 e. The van der Waals surface area contributed by atoms with Gasteiger partial charge in [0.05, 0.1) is 5.69 Å². The predicted molar refractivity (Wildman–Crippen MR) is 93.7 cm³/mol. The molecule has 1 aromatic rings. The Hall–Kier alpha value is -1.59. The number of rotatable bonds is 7. The number of anilines is 1. The molecule has 0 bridgehead atoms. The van der Waals surface area contributed by atoms with Crippen molar-refractivity contribution < 1.29 is 9.53 Å². The van der Waals surface area contributed by atoms with Crippen LogP contribution in [0.4, 0.5) is 5.69 Å². The van der Waals surface area contributed by atoms with Crippen LogP contribution in [0.15, 0.2) is 18.2 Å². The van der Waals surface area contributed by atoms with Crippen molar-refractivity contribution in [1.29, 1.82) is 0 Å². The second-order valence-electron chi connectivity index (χ2n) is 6.67. The standard InChI is InChI=1S/C18H29N3O2/c1-13-7-8-16(17(11-13)23-10-9-21(2)3)20-18(22)15-6-4-5-14(15)12-19/h7-8,11,14-15H,4-6,9-10,12,19H2,1-3H3,(H,20,22)/t14-,15-/m1/s1. The molecule has 3 N–H and O–H groups in total. The SMILES string of the molecule is Cc1ccc(NC(=O)[C@@H]2CCC[C@@H]2CN)c(OCCN(C)C)c1. The summed E-state index contributed by atoms with van der Waals surface area (Å²) >= 11 is 0. The second kappa shape index (κ2) is 8.31. The molecule has 5 heteroatoms. The molecule has 128 valence electrons. The fourth-order valence-electron chi connectivity index (χ4n) is 3.08. The normalized spacial score (nSPS) is 20.7. The van der Waals surface area contributed by atoms with Gasteiger partial charge in [-0.1, -0.05) is 12.5 Å². The molecule has 1 fully saturated rings. The molecule has 5 nitrogen and oxygen atoms in total. The number of carbonyl (C=O) groups is 1. The monoisotopic (exact) mass is 319 g/mol. The van der Waals surface area contributed by atoms with Crippen LogP contribution in [0.2, 0.25) is 0 Å². The Labute approximate surface area is 139 Å². The van der Waals surface area contributed by atoms with Crippen molar-refractivity contribution in [2.75, 3.05) is 39.1 Å². The highest BCUT2D eigenvalue weighted by Crippen LogP contribution is 2.33. The highest BCUT2D eigenvalue weighted by Gasteiger charge is 2.32. The first-order valence-electron chi connectivity index (χ1n) is 8.40. The minimum atomic E-state index is 0.0240. The maximum Gasteiger partial charge on any atom is 0.227 e. The zero-order valence-corrected chi connectivity index (χ0v) is 14.5. The van der Waals surface area contributed by atoms with Crippen LogP contribution in [0.1, 0.15) is 24.8 Å². The molecule has 1 aliphatic rings. The van der Waals surface area contributed by atoms with Crippen molar-refractivity contribution >= 4 is 11.6 Å². The number of nitrogens with zero attached hydrogens (tertiary/aromatic N) is 1. The molecule has 1 aromatic carbocycles. The van der Waals surface area contributed by atoms with E-state index in [1.807, 2.05) is 39.2 Å². The lowest BCUT2D eigenvalue weighted by molar-refractivity contribution is -0.120. The summed E-state index contributed by atoms with van der Waals surface area (Å²) in [7, 11) is 4.02. The number of nitrogens with one attached hydrogen (secondary N) is 1. The van der Waals surface area contributed by atoms with Crippen LogP contribution in [0.25, 0.3) is 0 Å². The van der Waals surface area contributed by atoms with Crippen molar-refractivity contribution in [3.8, 4) is 5.75 Å². The second-order valence-corrected chi connectivity index (χ2v) is 6.67. The molecule has 0 aliphatic heterocycles. The number of ether oxygens (including phenoxy) is 1. The topological polar surface area (TPSA) is 67.6 Å². The van der Waals surface area contributed by atoms with Crippen molar-refractivity contribution in [3.63, 3.8) is 0 Å². The first-order chi connectivity index (χ1) is 11.0. The summed E-state index contributed by atoms with van der Waals surface area (Å²) in [5.74, 6) is 1.14. The van der Waals surface area contributed by atoms with Crippen molar-refractivity contribution in [1.82, 2.24) is 4.90 Å². The molecule has 0 spiro atoms. The number of hydrogen-bond donors (Lipinski definition) is 2. The highest BCUT2D eigenvalue weighted by atomic mass is 16.5. The molecule has 0 heterocycles. The molecule has 0 unspecified atom stereocenters. The van der Waals surface area contributed by atoms with Gasteiger partial charge in [-0.25, -0.2) is 0 Å². The van der Waals surface area contributed by atoms with Gasteiger partial charge in [-0.2, -0.15) is 0 Å². The fraction of sp³-hybridized carbons (Fsp3) is 0.611. The van der Waals surface area contributed by atoms with Gasteiger partial charge in [0.2, 0.25) is 5.91 Å². The van der Waals surface area contributed by atoms with Crippen LogP contribution in [-0.2, 0) is 4.79 Å². The Morgan fingerprint density at radius 1 is 1.39 bits per heavy atom. The van der Waals surface area contributed by atoms with Crippen LogP contribution in [0.5, 0.6) is 5.75 Å². The molecule has 1 amide bonds. The van der Waals surface area contributed by atoms with E-state index in [0.717, 1.165) is 42.8 Å². The lowest BCUT2D eigenvalue weighted by Gasteiger charge is -2.19. The first-order valence-corrected chi connectivity index (χ1v) is 8.40. The van der Waals surface area contributed by atoms with Crippen LogP contribution >= 0.6 is 0 Å². The lowest BCUT2D eigenvalue weighted by atomic mass is 9.95. The lowest BCUT2D eigenvalue weighted by Crippen LogP contribution is -2.30. The smallest absolute Gasteiger partial charge is 0.227 e. The van der Waals surface area contributed by atoms with E-state index in [4.69, 9.17) is 10.5 Å². The Morgan fingerprint density at radius 3 is 2.87 bits per heavy atom. The molecule has 0 aromatic heterocycles. The summed E-state index contributed by atoms with van der Waals surface area (Å²) in [6.07, 6.45) is 3.06. The molecule has 1 aliphatic carbocycles. The van der Waals surface area contributed by atoms with Gasteiger partial charge in [0.25, 0.3) is 0 Å². The minimum Gasteiger partial charge on any atom is -0.490 e. The van der Waals surface area contributed by atoms with Gasteiger partial charge in [0.1, 0.15) is 12.4 Å². The van der Waals surface area contributed by atoms with Crippen LogP contribution in [-0.4, -0.2) is 44.6 Å². The summed E-state index contributed by atoms with van der Waals surface area (Å²) < 4.78 is 5.86. The van der Waals surface area contributed by atoms with Crippen molar-refractivity contribution in [2.24, 2.45) is 17.6 Å². The summed E-state index contributed by atoms with van der Waals surface area (Å²) in [4.78, 5) is 14.6. The quantitative estimate of drug-likeness (QED) is 0.809. The zero-order valence-electron chi connectivity index (χ0n) is 14.5. The van der Waals surface area contributed by atoms with Gasteiger partial charge in [-0.05, 0) is 64.0 Å². The van der Waals surface area contributed by atoms with Crippen LogP contribution in [0.3, 0.4) is 0 Å². The van der Waals surface area contributed by atoms with Gasteiger partial charge >= 0.3 is 0 Å². The third kappa shape index (κ3) is 4.94. The summed E-state index contributed by atoms with van der Waals surface area (Å²) in [6, 6.07) is 5.88. The Morgan fingerprint density at radius 2 is 2.17 bits per heavy atom.